The maximum atomic E-state index is 12.2. The predicted octanol–water partition coefficient (Wildman–Crippen LogP) is 3.83. The molecule has 4 heteroatoms. The van der Waals surface area contributed by atoms with Gasteiger partial charge < -0.3 is 4.74 Å². The second-order valence-electron chi connectivity index (χ2n) is 3.81. The van der Waals surface area contributed by atoms with E-state index in [1.54, 1.807) is 11.3 Å². The number of hydrogen-bond acceptors (Lipinski definition) is 3. The number of Topliss-reactive ketones (excluding diaryl/α,β-unsaturated/α-hetero) is 1. The van der Waals surface area contributed by atoms with Gasteiger partial charge in [0.2, 0.25) is 0 Å². The first-order valence-corrected chi connectivity index (χ1v) is 7.10. The zero-order valence-electron chi connectivity index (χ0n) is 9.88. The molecule has 0 spiro atoms. The minimum Gasteiger partial charge on any atom is -0.368 e. The summed E-state index contributed by atoms with van der Waals surface area (Å²) in [6.07, 6.45) is 1.16. The molecule has 1 rings (SSSR count). The summed E-state index contributed by atoms with van der Waals surface area (Å²) in [5, 5.41) is 1.98. The molecule has 0 amide bonds. The third-order valence-electron chi connectivity index (χ3n) is 2.74. The molecule has 0 aromatic carbocycles. The van der Waals surface area contributed by atoms with Crippen LogP contribution in [0.3, 0.4) is 0 Å². The molecule has 1 unspecified atom stereocenters. The quantitative estimate of drug-likeness (QED) is 0.798. The van der Waals surface area contributed by atoms with Crippen LogP contribution in [-0.4, -0.2) is 18.0 Å². The molecule has 0 saturated carbocycles. The van der Waals surface area contributed by atoms with E-state index in [9.17, 15) is 4.79 Å². The lowest BCUT2D eigenvalue weighted by Crippen LogP contribution is -2.38. The average molecular weight is 305 g/mol. The normalized spacial score (nSPS) is 14.8. The minimum absolute atomic E-state index is 0.153. The third kappa shape index (κ3) is 3.15. The van der Waals surface area contributed by atoms with E-state index < -0.39 is 5.60 Å². The van der Waals surface area contributed by atoms with E-state index in [4.69, 9.17) is 4.74 Å². The van der Waals surface area contributed by atoms with E-state index in [0.717, 1.165) is 9.35 Å². The summed E-state index contributed by atoms with van der Waals surface area (Å²) in [4.78, 5) is 13.2. The van der Waals surface area contributed by atoms with Crippen molar-refractivity contribution in [3.63, 3.8) is 0 Å². The Bertz CT molecular complexity index is 362. The molecular formula is C12H17BrO2S. The standard InChI is InChI=1S/C12H17BrO2S/c1-4-12(3,15-5-2)11(14)8-10-9(13)6-7-16-10/h6-7H,4-5,8H2,1-3H3. The highest BCUT2D eigenvalue weighted by Gasteiger charge is 2.31. The van der Waals surface area contributed by atoms with Crippen LogP contribution in [0.25, 0.3) is 0 Å². The van der Waals surface area contributed by atoms with Crippen molar-refractivity contribution in [3.05, 3.63) is 20.8 Å². The van der Waals surface area contributed by atoms with Crippen LogP contribution >= 0.6 is 27.3 Å². The van der Waals surface area contributed by atoms with Crippen molar-refractivity contribution >= 4 is 33.0 Å². The van der Waals surface area contributed by atoms with Crippen LogP contribution in [0.4, 0.5) is 0 Å². The maximum absolute atomic E-state index is 12.2. The van der Waals surface area contributed by atoms with Gasteiger partial charge in [0.25, 0.3) is 0 Å². The van der Waals surface area contributed by atoms with Crippen molar-refractivity contribution in [2.24, 2.45) is 0 Å². The van der Waals surface area contributed by atoms with Crippen molar-refractivity contribution in [1.29, 1.82) is 0 Å². The Balaban J connectivity index is 2.74. The second-order valence-corrected chi connectivity index (χ2v) is 5.66. The van der Waals surface area contributed by atoms with Gasteiger partial charge in [-0.3, -0.25) is 4.79 Å². The zero-order valence-corrected chi connectivity index (χ0v) is 12.3. The Kier molecular flexibility index (Phi) is 5.15. The monoisotopic (exact) mass is 304 g/mol. The van der Waals surface area contributed by atoms with Crippen molar-refractivity contribution in [3.8, 4) is 0 Å². The van der Waals surface area contributed by atoms with Gasteiger partial charge in [-0.1, -0.05) is 6.92 Å². The Morgan fingerprint density at radius 3 is 2.69 bits per heavy atom. The molecule has 0 aliphatic rings. The van der Waals surface area contributed by atoms with Crippen LogP contribution in [0.2, 0.25) is 0 Å². The summed E-state index contributed by atoms with van der Waals surface area (Å²) < 4.78 is 6.58. The molecule has 1 atom stereocenters. The fraction of sp³-hybridized carbons (Fsp3) is 0.583. The van der Waals surface area contributed by atoms with E-state index in [2.05, 4.69) is 15.9 Å². The lowest BCUT2D eigenvalue weighted by Gasteiger charge is -2.26. The van der Waals surface area contributed by atoms with E-state index in [1.807, 2.05) is 32.2 Å². The molecule has 0 bridgehead atoms. The van der Waals surface area contributed by atoms with Gasteiger partial charge in [-0.2, -0.15) is 0 Å². The van der Waals surface area contributed by atoms with Gasteiger partial charge in [0.15, 0.2) is 5.78 Å². The summed E-state index contributed by atoms with van der Waals surface area (Å²) in [6.45, 7) is 6.35. The topological polar surface area (TPSA) is 26.3 Å². The van der Waals surface area contributed by atoms with Crippen molar-refractivity contribution in [2.45, 2.75) is 39.2 Å². The van der Waals surface area contributed by atoms with Gasteiger partial charge in [0.1, 0.15) is 5.60 Å². The molecular weight excluding hydrogens is 288 g/mol. The number of thiophene rings is 1. The van der Waals surface area contributed by atoms with E-state index in [0.29, 0.717) is 19.4 Å². The van der Waals surface area contributed by atoms with E-state index >= 15 is 0 Å². The fourth-order valence-corrected chi connectivity index (χ4v) is 2.97. The SMILES string of the molecule is CCOC(C)(CC)C(=O)Cc1sccc1Br. The van der Waals surface area contributed by atoms with Crippen LogP contribution in [-0.2, 0) is 16.0 Å². The summed E-state index contributed by atoms with van der Waals surface area (Å²) >= 11 is 5.04. The van der Waals surface area contributed by atoms with Crippen molar-refractivity contribution in [1.82, 2.24) is 0 Å². The highest BCUT2D eigenvalue weighted by Crippen LogP contribution is 2.26. The molecule has 0 aliphatic carbocycles. The molecule has 1 aromatic rings. The Morgan fingerprint density at radius 1 is 1.56 bits per heavy atom. The Morgan fingerprint density at radius 2 is 2.25 bits per heavy atom. The number of ketones is 1. The van der Waals surface area contributed by atoms with Crippen LogP contribution < -0.4 is 0 Å². The van der Waals surface area contributed by atoms with E-state index in [-0.39, 0.29) is 5.78 Å². The smallest absolute Gasteiger partial charge is 0.169 e. The summed E-state index contributed by atoms with van der Waals surface area (Å²) in [7, 11) is 0. The van der Waals surface area contributed by atoms with Gasteiger partial charge in [-0.05, 0) is 47.6 Å². The average Bonchev–Trinajstić information content (AvgIpc) is 2.64. The number of carbonyl (C=O) groups is 1. The van der Waals surface area contributed by atoms with Gasteiger partial charge in [0, 0.05) is 22.4 Å². The molecule has 16 heavy (non-hydrogen) atoms. The molecule has 0 N–H and O–H groups in total. The Hall–Kier alpha value is -0.190. The van der Waals surface area contributed by atoms with Crippen molar-refractivity contribution < 1.29 is 9.53 Å². The first kappa shape index (κ1) is 13.9. The second kappa shape index (κ2) is 5.94. The van der Waals surface area contributed by atoms with Crippen molar-refractivity contribution in [2.75, 3.05) is 6.61 Å². The lowest BCUT2D eigenvalue weighted by atomic mass is 9.94. The van der Waals surface area contributed by atoms with Crippen LogP contribution in [0.5, 0.6) is 0 Å². The van der Waals surface area contributed by atoms with Crippen LogP contribution in [0.1, 0.15) is 32.1 Å². The minimum atomic E-state index is -0.641. The fourth-order valence-electron chi connectivity index (χ4n) is 1.48. The Labute approximate surface area is 109 Å². The highest BCUT2D eigenvalue weighted by molar-refractivity contribution is 9.10. The number of ether oxygens (including phenoxy) is 1. The number of hydrogen-bond donors (Lipinski definition) is 0. The van der Waals surface area contributed by atoms with Crippen LogP contribution in [0, 0.1) is 0 Å². The molecule has 0 aliphatic heterocycles. The molecule has 0 fully saturated rings. The first-order chi connectivity index (χ1) is 7.53. The van der Waals surface area contributed by atoms with Gasteiger partial charge in [0.05, 0.1) is 0 Å². The molecule has 1 aromatic heterocycles. The number of rotatable bonds is 6. The van der Waals surface area contributed by atoms with Gasteiger partial charge in [-0.15, -0.1) is 11.3 Å². The maximum Gasteiger partial charge on any atom is 0.169 e. The molecule has 0 saturated heterocycles. The largest absolute Gasteiger partial charge is 0.368 e. The first-order valence-electron chi connectivity index (χ1n) is 5.42. The molecule has 0 radical (unpaired) electrons. The number of carbonyl (C=O) groups excluding carboxylic acids is 1. The molecule has 1 heterocycles. The molecule has 90 valence electrons. The number of halogens is 1. The molecule has 2 nitrogen and oxygen atoms in total. The predicted molar refractivity (Wildman–Crippen MR) is 71.1 cm³/mol. The van der Waals surface area contributed by atoms with Gasteiger partial charge >= 0.3 is 0 Å². The summed E-state index contributed by atoms with van der Waals surface area (Å²) in [5.41, 5.74) is -0.641. The van der Waals surface area contributed by atoms with Gasteiger partial charge in [-0.25, -0.2) is 0 Å². The zero-order chi connectivity index (χ0) is 12.2. The third-order valence-corrected chi connectivity index (χ3v) is 4.67. The lowest BCUT2D eigenvalue weighted by molar-refractivity contribution is -0.141. The summed E-state index contributed by atoms with van der Waals surface area (Å²) in [5.74, 6) is 0.153. The highest BCUT2D eigenvalue weighted by atomic mass is 79.9. The van der Waals surface area contributed by atoms with Crippen LogP contribution in [0.15, 0.2) is 15.9 Å². The summed E-state index contributed by atoms with van der Waals surface area (Å²) in [6, 6.07) is 1.97. The van der Waals surface area contributed by atoms with E-state index in [1.165, 1.54) is 0 Å².